The number of benzene rings is 2. The van der Waals surface area contributed by atoms with E-state index in [2.05, 4.69) is 15.6 Å². The second-order valence-corrected chi connectivity index (χ2v) is 12.1. The molecule has 0 saturated heterocycles. The molecule has 3 rings (SSSR count). The molecule has 9 nitrogen and oxygen atoms in total. The topological polar surface area (TPSA) is 123 Å². The molecule has 13 heteroatoms. The quantitative estimate of drug-likeness (QED) is 0.0928. The van der Waals surface area contributed by atoms with Gasteiger partial charge in [0.1, 0.15) is 0 Å². The van der Waals surface area contributed by atoms with Gasteiger partial charge in [0.05, 0.1) is 31.0 Å². The van der Waals surface area contributed by atoms with Gasteiger partial charge in [-0.2, -0.15) is 0 Å². The number of para-hydroxylation sites is 2. The molecule has 0 fully saturated rings. The molecule has 0 atom stereocenters. The predicted octanol–water partition coefficient (Wildman–Crippen LogP) is 5.96. The highest BCUT2D eigenvalue weighted by Crippen LogP contribution is 2.37. The average Bonchev–Trinajstić information content (AvgIpc) is 2.88. The molecule has 1 heterocycles. The van der Waals surface area contributed by atoms with Gasteiger partial charge in [0, 0.05) is 49.8 Å². The van der Waals surface area contributed by atoms with E-state index >= 15 is 0 Å². The van der Waals surface area contributed by atoms with Gasteiger partial charge in [-0.3, -0.25) is 25.2 Å². The van der Waals surface area contributed by atoms with Crippen molar-refractivity contribution < 1.29 is 9.85 Å². The minimum absolute atomic E-state index is 0.134. The molecule has 0 amide bonds. The SMILES string of the molecule is O=[N+]([O-])c1ccccc1SSCCNCc1cccc(CNCCSSc2ccccc2[N+](=O)[O-])n1. The van der Waals surface area contributed by atoms with E-state index in [0.29, 0.717) is 22.9 Å². The summed E-state index contributed by atoms with van der Waals surface area (Å²) in [5, 5.41) is 28.9. The van der Waals surface area contributed by atoms with E-state index in [-0.39, 0.29) is 21.2 Å². The summed E-state index contributed by atoms with van der Waals surface area (Å²) in [6, 6.07) is 19.5. The predicted molar refractivity (Wildman–Crippen MR) is 150 cm³/mol. The molecular formula is C23H25N5O4S4. The monoisotopic (exact) mass is 563 g/mol. The summed E-state index contributed by atoms with van der Waals surface area (Å²) < 4.78 is 0. The molecule has 0 bridgehead atoms. The molecule has 0 aliphatic heterocycles. The third-order valence-electron chi connectivity index (χ3n) is 4.62. The summed E-state index contributed by atoms with van der Waals surface area (Å²) in [6.07, 6.45) is 0. The van der Waals surface area contributed by atoms with E-state index < -0.39 is 0 Å². The van der Waals surface area contributed by atoms with Crippen LogP contribution in [0.1, 0.15) is 11.4 Å². The largest absolute Gasteiger partial charge is 0.310 e. The van der Waals surface area contributed by atoms with Crippen molar-refractivity contribution in [2.24, 2.45) is 0 Å². The first-order chi connectivity index (χ1) is 17.5. The first-order valence-corrected chi connectivity index (χ1v) is 15.6. The second kappa shape index (κ2) is 15.7. The van der Waals surface area contributed by atoms with Gasteiger partial charge in [-0.25, -0.2) is 0 Å². The number of rotatable bonds is 16. The smallest absolute Gasteiger partial charge is 0.283 e. The van der Waals surface area contributed by atoms with Crippen molar-refractivity contribution in [3.63, 3.8) is 0 Å². The maximum absolute atomic E-state index is 11.1. The van der Waals surface area contributed by atoms with E-state index in [4.69, 9.17) is 0 Å². The van der Waals surface area contributed by atoms with Crippen molar-refractivity contribution in [2.75, 3.05) is 24.6 Å². The fraction of sp³-hybridized carbons (Fsp3) is 0.261. The molecule has 1 aromatic heterocycles. The molecule has 2 N–H and O–H groups in total. The Hall–Kier alpha value is -2.29. The van der Waals surface area contributed by atoms with Gasteiger partial charge in [-0.15, -0.1) is 0 Å². The number of nitro benzene ring substituents is 2. The van der Waals surface area contributed by atoms with Crippen LogP contribution >= 0.6 is 43.2 Å². The van der Waals surface area contributed by atoms with Crippen molar-refractivity contribution in [1.29, 1.82) is 0 Å². The minimum Gasteiger partial charge on any atom is -0.310 e. The van der Waals surface area contributed by atoms with Gasteiger partial charge in [0.2, 0.25) is 0 Å². The van der Waals surface area contributed by atoms with Gasteiger partial charge in [0.25, 0.3) is 11.4 Å². The average molecular weight is 564 g/mol. The van der Waals surface area contributed by atoms with Crippen LogP contribution in [0.25, 0.3) is 0 Å². The minimum atomic E-state index is -0.356. The maximum Gasteiger partial charge on any atom is 0.283 e. The first kappa shape index (κ1) is 28.3. The van der Waals surface area contributed by atoms with Gasteiger partial charge in [0.15, 0.2) is 0 Å². The Morgan fingerprint density at radius 1 is 0.667 bits per heavy atom. The van der Waals surface area contributed by atoms with E-state index in [1.54, 1.807) is 58.0 Å². The lowest BCUT2D eigenvalue weighted by molar-refractivity contribution is -0.387. The van der Waals surface area contributed by atoms with Crippen LogP contribution < -0.4 is 10.6 Å². The number of nitrogens with zero attached hydrogens (tertiary/aromatic N) is 3. The third-order valence-corrected chi connectivity index (χ3v) is 9.43. The van der Waals surface area contributed by atoms with Crippen molar-refractivity contribution in [1.82, 2.24) is 15.6 Å². The molecule has 0 radical (unpaired) electrons. The van der Waals surface area contributed by atoms with Crippen LogP contribution in [0.2, 0.25) is 0 Å². The lowest BCUT2D eigenvalue weighted by Crippen LogP contribution is -2.19. The van der Waals surface area contributed by atoms with Crippen LogP contribution in [0.15, 0.2) is 76.5 Å². The van der Waals surface area contributed by atoms with E-state index in [1.807, 2.05) is 18.2 Å². The van der Waals surface area contributed by atoms with Crippen molar-refractivity contribution in [3.8, 4) is 0 Å². The Morgan fingerprint density at radius 2 is 1.11 bits per heavy atom. The molecule has 3 aromatic rings. The molecule has 2 aromatic carbocycles. The highest BCUT2D eigenvalue weighted by atomic mass is 33.1. The Kier molecular flexibility index (Phi) is 12.4. The number of hydrogen-bond acceptors (Lipinski definition) is 11. The molecular weight excluding hydrogens is 539 g/mol. The Bertz CT molecular complexity index is 1070. The van der Waals surface area contributed by atoms with Crippen LogP contribution in [-0.4, -0.2) is 39.4 Å². The lowest BCUT2D eigenvalue weighted by atomic mass is 10.3. The summed E-state index contributed by atoms with van der Waals surface area (Å²) in [7, 11) is 5.99. The van der Waals surface area contributed by atoms with E-state index in [1.165, 1.54) is 33.7 Å². The molecule has 0 aliphatic rings. The molecule has 36 heavy (non-hydrogen) atoms. The molecule has 0 aliphatic carbocycles. The number of nitro groups is 2. The van der Waals surface area contributed by atoms with Crippen LogP contribution in [0.3, 0.4) is 0 Å². The van der Waals surface area contributed by atoms with E-state index in [9.17, 15) is 20.2 Å². The van der Waals surface area contributed by atoms with Crippen LogP contribution in [0, 0.1) is 20.2 Å². The van der Waals surface area contributed by atoms with Crippen LogP contribution in [0.4, 0.5) is 11.4 Å². The zero-order valence-corrected chi connectivity index (χ0v) is 22.5. The van der Waals surface area contributed by atoms with Crippen LogP contribution in [0.5, 0.6) is 0 Å². The molecule has 0 spiro atoms. The fourth-order valence-corrected chi connectivity index (χ4v) is 7.16. The van der Waals surface area contributed by atoms with Gasteiger partial charge >= 0.3 is 0 Å². The Balaban J connectivity index is 1.29. The molecule has 190 valence electrons. The summed E-state index contributed by atoms with van der Waals surface area (Å²) in [5.41, 5.74) is 2.17. The standard InChI is InChI=1S/C23H25N5O4S4/c29-27(30)20-8-1-3-10-22(20)35-33-14-12-24-16-18-6-5-7-19(26-18)17-25-13-15-34-36-23-11-4-2-9-21(23)28(31)32/h1-11,24-25H,12-17H2. The Morgan fingerprint density at radius 3 is 1.56 bits per heavy atom. The zero-order valence-electron chi connectivity index (χ0n) is 19.2. The molecule has 0 unspecified atom stereocenters. The third kappa shape index (κ3) is 9.64. The van der Waals surface area contributed by atoms with Gasteiger partial charge in [-0.05, 0) is 24.3 Å². The lowest BCUT2D eigenvalue weighted by Gasteiger charge is -2.08. The number of pyridine rings is 1. The van der Waals surface area contributed by atoms with Gasteiger partial charge in [-0.1, -0.05) is 73.5 Å². The van der Waals surface area contributed by atoms with Crippen molar-refractivity contribution >= 4 is 54.6 Å². The summed E-state index contributed by atoms with van der Waals surface area (Å²) in [4.78, 5) is 27.4. The highest BCUT2D eigenvalue weighted by molar-refractivity contribution is 8.77. The summed E-state index contributed by atoms with van der Waals surface area (Å²) in [5.74, 6) is 1.61. The molecule has 0 saturated carbocycles. The van der Waals surface area contributed by atoms with E-state index in [0.717, 1.165) is 36.0 Å². The van der Waals surface area contributed by atoms with Crippen molar-refractivity contribution in [3.05, 3.63) is 98.3 Å². The summed E-state index contributed by atoms with van der Waals surface area (Å²) >= 11 is 0. The maximum atomic E-state index is 11.1. The van der Waals surface area contributed by atoms with Crippen molar-refractivity contribution in [2.45, 2.75) is 22.9 Å². The first-order valence-electron chi connectivity index (χ1n) is 11.0. The summed E-state index contributed by atoms with van der Waals surface area (Å²) in [6.45, 7) is 2.81. The fourth-order valence-electron chi connectivity index (χ4n) is 2.95. The second-order valence-electron chi connectivity index (χ2n) is 7.23. The number of nitrogens with one attached hydrogen (secondary N) is 2. The van der Waals surface area contributed by atoms with Crippen LogP contribution in [-0.2, 0) is 13.1 Å². The number of aromatic nitrogens is 1. The number of hydrogen-bond donors (Lipinski definition) is 2. The Labute approximate surface area is 225 Å². The highest BCUT2D eigenvalue weighted by Gasteiger charge is 2.13. The normalized spacial score (nSPS) is 10.9. The zero-order chi connectivity index (χ0) is 25.6. The van der Waals surface area contributed by atoms with Gasteiger partial charge < -0.3 is 10.6 Å².